The Morgan fingerprint density at radius 1 is 1.30 bits per heavy atom. The summed E-state index contributed by atoms with van der Waals surface area (Å²) in [6.07, 6.45) is 2.33. The third-order valence-corrected chi connectivity index (χ3v) is 3.30. The first-order valence-corrected chi connectivity index (χ1v) is 6.64. The molecule has 2 rings (SSSR count). The zero-order valence-electron chi connectivity index (χ0n) is 12.0. The average molecular weight is 273 g/mol. The highest BCUT2D eigenvalue weighted by Gasteiger charge is 2.17. The summed E-state index contributed by atoms with van der Waals surface area (Å²) in [6.45, 7) is 3.89. The number of aryl methyl sites for hydroxylation is 1. The number of ether oxygens (including phenoxy) is 1. The predicted molar refractivity (Wildman–Crippen MR) is 76.9 cm³/mol. The van der Waals surface area contributed by atoms with E-state index in [1.165, 1.54) is 6.26 Å². The van der Waals surface area contributed by atoms with Crippen LogP contribution in [0.2, 0.25) is 0 Å². The van der Waals surface area contributed by atoms with Gasteiger partial charge in [-0.25, -0.2) is 0 Å². The summed E-state index contributed by atoms with van der Waals surface area (Å²) in [6, 6.07) is 9.44. The zero-order chi connectivity index (χ0) is 14.5. The minimum absolute atomic E-state index is 0.0436. The van der Waals surface area contributed by atoms with Crippen LogP contribution in [-0.4, -0.2) is 13.0 Å². The van der Waals surface area contributed by atoms with Crippen molar-refractivity contribution in [1.29, 1.82) is 0 Å². The largest absolute Gasteiger partial charge is 0.497 e. The summed E-state index contributed by atoms with van der Waals surface area (Å²) in [5.41, 5.74) is 1.89. The van der Waals surface area contributed by atoms with Gasteiger partial charge in [0.25, 0.3) is 5.91 Å². The Morgan fingerprint density at radius 2 is 2.00 bits per heavy atom. The molecule has 4 nitrogen and oxygen atoms in total. The van der Waals surface area contributed by atoms with Gasteiger partial charge in [0.15, 0.2) is 5.76 Å². The van der Waals surface area contributed by atoms with Crippen LogP contribution in [0.25, 0.3) is 0 Å². The summed E-state index contributed by atoms with van der Waals surface area (Å²) in [5.74, 6) is 0.990. The molecule has 0 aliphatic heterocycles. The fraction of sp³-hybridized carbons (Fsp3) is 0.312. The van der Waals surface area contributed by atoms with Gasteiger partial charge in [0.05, 0.1) is 19.4 Å². The maximum absolute atomic E-state index is 12.2. The van der Waals surface area contributed by atoms with Crippen molar-refractivity contribution in [3.05, 3.63) is 53.5 Å². The van der Waals surface area contributed by atoms with Gasteiger partial charge in [-0.1, -0.05) is 19.1 Å². The lowest BCUT2D eigenvalue weighted by atomic mass is 10.0. The van der Waals surface area contributed by atoms with Gasteiger partial charge in [-0.2, -0.15) is 0 Å². The maximum Gasteiger partial charge on any atom is 0.287 e. The summed E-state index contributed by atoms with van der Waals surface area (Å²) in [5, 5.41) is 2.99. The average Bonchev–Trinajstić information content (AvgIpc) is 2.91. The van der Waals surface area contributed by atoms with Crippen molar-refractivity contribution in [2.75, 3.05) is 7.11 Å². The van der Waals surface area contributed by atoms with Crippen molar-refractivity contribution in [1.82, 2.24) is 5.32 Å². The van der Waals surface area contributed by atoms with Crippen LogP contribution in [0.3, 0.4) is 0 Å². The van der Waals surface area contributed by atoms with Crippen molar-refractivity contribution in [3.8, 4) is 5.75 Å². The molecule has 20 heavy (non-hydrogen) atoms. The molecule has 0 aliphatic carbocycles. The molecule has 1 aromatic carbocycles. The number of rotatable bonds is 5. The Kier molecular flexibility index (Phi) is 4.45. The molecule has 0 radical (unpaired) electrons. The molecular weight excluding hydrogens is 254 g/mol. The number of hydrogen-bond donors (Lipinski definition) is 1. The number of carbonyl (C=O) groups excluding carboxylic acids is 1. The molecule has 1 amide bonds. The summed E-state index contributed by atoms with van der Waals surface area (Å²) < 4.78 is 10.3. The fourth-order valence-corrected chi connectivity index (χ4v) is 2.09. The Morgan fingerprint density at radius 3 is 2.50 bits per heavy atom. The van der Waals surface area contributed by atoms with Crippen LogP contribution in [0.15, 0.2) is 41.0 Å². The zero-order valence-corrected chi connectivity index (χ0v) is 12.0. The number of amides is 1. The third-order valence-electron chi connectivity index (χ3n) is 3.30. The Labute approximate surface area is 118 Å². The Bertz CT molecular complexity index is 572. The molecule has 1 aromatic heterocycles. The van der Waals surface area contributed by atoms with E-state index in [-0.39, 0.29) is 11.9 Å². The van der Waals surface area contributed by atoms with Crippen LogP contribution in [0.5, 0.6) is 5.75 Å². The lowest BCUT2D eigenvalue weighted by molar-refractivity contribution is 0.0906. The van der Waals surface area contributed by atoms with Crippen molar-refractivity contribution in [2.45, 2.75) is 26.3 Å². The number of benzene rings is 1. The van der Waals surface area contributed by atoms with Crippen molar-refractivity contribution in [3.63, 3.8) is 0 Å². The molecule has 0 fully saturated rings. The van der Waals surface area contributed by atoms with Crippen LogP contribution in [0.4, 0.5) is 0 Å². The molecule has 0 saturated carbocycles. The van der Waals surface area contributed by atoms with Gasteiger partial charge in [-0.05, 0) is 37.1 Å². The third kappa shape index (κ3) is 3.02. The lowest BCUT2D eigenvalue weighted by Gasteiger charge is -2.17. The van der Waals surface area contributed by atoms with Crippen LogP contribution in [0.1, 0.15) is 41.1 Å². The fourth-order valence-electron chi connectivity index (χ4n) is 2.09. The quantitative estimate of drug-likeness (QED) is 0.907. The number of hydrogen-bond acceptors (Lipinski definition) is 3. The summed E-state index contributed by atoms with van der Waals surface area (Å²) >= 11 is 0. The van der Waals surface area contributed by atoms with Gasteiger partial charge in [0, 0.05) is 5.56 Å². The van der Waals surface area contributed by atoms with Crippen LogP contribution in [0, 0.1) is 6.92 Å². The molecule has 0 saturated heterocycles. The van der Waals surface area contributed by atoms with E-state index in [1.807, 2.05) is 38.1 Å². The summed E-state index contributed by atoms with van der Waals surface area (Å²) in [4.78, 5) is 12.2. The smallest absolute Gasteiger partial charge is 0.287 e. The first-order chi connectivity index (χ1) is 9.65. The van der Waals surface area contributed by atoms with Gasteiger partial charge in [0.1, 0.15) is 5.75 Å². The molecule has 0 bridgehead atoms. The molecule has 1 unspecified atom stereocenters. The van der Waals surface area contributed by atoms with Crippen molar-refractivity contribution < 1.29 is 13.9 Å². The molecule has 2 aromatic rings. The second-order valence-electron chi connectivity index (χ2n) is 4.64. The van der Waals surface area contributed by atoms with E-state index in [0.717, 1.165) is 23.3 Å². The van der Waals surface area contributed by atoms with E-state index >= 15 is 0 Å². The highest BCUT2D eigenvalue weighted by molar-refractivity contribution is 5.93. The minimum Gasteiger partial charge on any atom is -0.497 e. The number of furan rings is 1. The van der Waals surface area contributed by atoms with E-state index in [2.05, 4.69) is 5.32 Å². The van der Waals surface area contributed by atoms with Crippen LogP contribution < -0.4 is 10.1 Å². The molecule has 1 heterocycles. The molecule has 1 N–H and O–H groups in total. The maximum atomic E-state index is 12.2. The molecule has 106 valence electrons. The molecule has 4 heteroatoms. The van der Waals surface area contributed by atoms with E-state index in [4.69, 9.17) is 9.15 Å². The highest BCUT2D eigenvalue weighted by Crippen LogP contribution is 2.21. The molecule has 0 aliphatic rings. The normalized spacial score (nSPS) is 11.9. The first-order valence-electron chi connectivity index (χ1n) is 6.64. The first kappa shape index (κ1) is 14.2. The van der Waals surface area contributed by atoms with E-state index < -0.39 is 0 Å². The molecular formula is C16H19NO3. The van der Waals surface area contributed by atoms with Crippen LogP contribution >= 0.6 is 0 Å². The van der Waals surface area contributed by atoms with Gasteiger partial charge >= 0.3 is 0 Å². The topological polar surface area (TPSA) is 51.5 Å². The second-order valence-corrected chi connectivity index (χ2v) is 4.64. The Hall–Kier alpha value is -2.23. The monoisotopic (exact) mass is 273 g/mol. The number of methoxy groups -OCH3 is 1. The van der Waals surface area contributed by atoms with E-state index in [0.29, 0.717) is 5.76 Å². The SMILES string of the molecule is CCC(NC(=O)c1occc1C)c1ccc(OC)cc1. The number of nitrogens with one attached hydrogen (secondary N) is 1. The molecule has 0 spiro atoms. The standard InChI is InChI=1S/C16H19NO3/c1-4-14(12-5-7-13(19-3)8-6-12)17-16(18)15-11(2)9-10-20-15/h5-10,14H,4H2,1-3H3,(H,17,18). The minimum atomic E-state index is -0.185. The highest BCUT2D eigenvalue weighted by atomic mass is 16.5. The van der Waals surface area contributed by atoms with E-state index in [1.54, 1.807) is 13.2 Å². The summed E-state index contributed by atoms with van der Waals surface area (Å²) in [7, 11) is 1.63. The lowest BCUT2D eigenvalue weighted by Crippen LogP contribution is -2.28. The predicted octanol–water partition coefficient (Wildman–Crippen LogP) is 3.48. The van der Waals surface area contributed by atoms with Gasteiger partial charge in [0.2, 0.25) is 0 Å². The van der Waals surface area contributed by atoms with Crippen LogP contribution in [-0.2, 0) is 0 Å². The van der Waals surface area contributed by atoms with E-state index in [9.17, 15) is 4.79 Å². The van der Waals surface area contributed by atoms with Crippen molar-refractivity contribution in [2.24, 2.45) is 0 Å². The Balaban J connectivity index is 2.12. The van der Waals surface area contributed by atoms with Gasteiger partial charge < -0.3 is 14.5 Å². The van der Waals surface area contributed by atoms with Gasteiger partial charge in [-0.15, -0.1) is 0 Å². The van der Waals surface area contributed by atoms with Crippen molar-refractivity contribution >= 4 is 5.91 Å². The van der Waals surface area contributed by atoms with Gasteiger partial charge in [-0.3, -0.25) is 4.79 Å². The number of carbonyl (C=O) groups is 1. The molecule has 1 atom stereocenters. The second kappa shape index (κ2) is 6.28.